The molecule has 0 aliphatic heterocycles. The molecule has 0 unspecified atom stereocenters. The van der Waals surface area contributed by atoms with Crippen LogP contribution in [0.1, 0.15) is 22.3 Å². The summed E-state index contributed by atoms with van der Waals surface area (Å²) in [6.07, 6.45) is 3.15. The number of hydrogen-bond donors (Lipinski definition) is 3. The lowest BCUT2D eigenvalue weighted by atomic mass is 9.76. The Kier molecular flexibility index (Phi) is 1.76. The molecule has 15 heavy (non-hydrogen) atoms. The van der Waals surface area contributed by atoms with Crippen molar-refractivity contribution in [3.63, 3.8) is 0 Å². The van der Waals surface area contributed by atoms with Gasteiger partial charge in [0.05, 0.1) is 5.69 Å². The summed E-state index contributed by atoms with van der Waals surface area (Å²) in [7, 11) is 0. The predicted molar refractivity (Wildman–Crippen MR) is 52.8 cm³/mol. The van der Waals surface area contributed by atoms with Crippen molar-refractivity contribution in [2.24, 2.45) is 5.84 Å². The smallest absolute Gasteiger partial charge is 0.130 e. The van der Waals surface area contributed by atoms with Gasteiger partial charge in [-0.2, -0.15) is 5.17 Å². The van der Waals surface area contributed by atoms with Crippen LogP contribution in [-0.2, 0) is 25.7 Å². The minimum atomic E-state index is -0.0633. The van der Waals surface area contributed by atoms with Crippen LogP contribution in [-0.4, -0.2) is 5.21 Å². The third kappa shape index (κ3) is 0.998. The van der Waals surface area contributed by atoms with Crippen molar-refractivity contribution in [1.82, 2.24) is 5.53 Å². The van der Waals surface area contributed by atoms with E-state index in [0.717, 1.165) is 53.1 Å². The van der Waals surface area contributed by atoms with Crippen molar-refractivity contribution in [2.45, 2.75) is 25.7 Å². The molecule has 5 heteroatoms. The van der Waals surface area contributed by atoms with E-state index in [1.807, 2.05) is 0 Å². The lowest BCUT2D eigenvalue weighted by Crippen LogP contribution is -2.43. The molecule has 2 aliphatic rings. The molecule has 1 aromatic rings. The van der Waals surface area contributed by atoms with E-state index in [1.165, 1.54) is 0 Å². The van der Waals surface area contributed by atoms with E-state index in [9.17, 15) is 9.60 Å². The Hall–Kier alpha value is -1.17. The molecular formula is C10H12FN3O. The van der Waals surface area contributed by atoms with Crippen LogP contribution in [0.4, 0.5) is 10.1 Å². The third-order valence-electron chi connectivity index (χ3n) is 3.41. The average Bonchev–Trinajstić information content (AvgIpc) is 2.10. The summed E-state index contributed by atoms with van der Waals surface area (Å²) >= 11 is 0. The minimum Gasteiger partial charge on any atom is -0.272 e. The first-order chi connectivity index (χ1) is 7.24. The summed E-state index contributed by atoms with van der Waals surface area (Å²) in [5.74, 6) is 5.10. The summed E-state index contributed by atoms with van der Waals surface area (Å²) in [5, 5.41) is 10.4. The molecule has 3 rings (SSSR count). The van der Waals surface area contributed by atoms with E-state index in [2.05, 4.69) is 5.53 Å². The Balaban J connectivity index is 2.22. The number of halogens is 1. The SMILES string of the molecule is NNN(O)c1c2c(c(F)c3c1CC3)CC2. The molecule has 0 fully saturated rings. The number of rotatable bonds is 2. The summed E-state index contributed by atoms with van der Waals surface area (Å²) < 4.78 is 13.8. The van der Waals surface area contributed by atoms with Gasteiger partial charge in [-0.25, -0.2) is 4.39 Å². The van der Waals surface area contributed by atoms with Gasteiger partial charge >= 0.3 is 0 Å². The van der Waals surface area contributed by atoms with Crippen LogP contribution in [0, 0.1) is 5.82 Å². The molecule has 2 aliphatic carbocycles. The summed E-state index contributed by atoms with van der Waals surface area (Å²) in [4.78, 5) is 0. The van der Waals surface area contributed by atoms with Gasteiger partial charge in [-0.3, -0.25) is 11.0 Å². The number of benzene rings is 1. The van der Waals surface area contributed by atoms with Crippen molar-refractivity contribution >= 4 is 5.69 Å². The van der Waals surface area contributed by atoms with Crippen LogP contribution in [0.5, 0.6) is 0 Å². The number of fused-ring (bicyclic) bond motifs is 2. The van der Waals surface area contributed by atoms with Crippen LogP contribution in [0.15, 0.2) is 0 Å². The molecule has 1 aromatic carbocycles. The molecule has 4 nitrogen and oxygen atoms in total. The van der Waals surface area contributed by atoms with Gasteiger partial charge in [0.15, 0.2) is 0 Å². The van der Waals surface area contributed by atoms with Crippen LogP contribution >= 0.6 is 0 Å². The average molecular weight is 209 g/mol. The predicted octanol–water partition coefficient (Wildman–Crippen LogP) is 0.597. The molecule has 4 N–H and O–H groups in total. The quantitative estimate of drug-likeness (QED) is 0.493. The van der Waals surface area contributed by atoms with Gasteiger partial charge in [-0.1, -0.05) is 0 Å². The topological polar surface area (TPSA) is 61.5 Å². The highest BCUT2D eigenvalue weighted by molar-refractivity contribution is 5.69. The molecule has 0 radical (unpaired) electrons. The molecule has 0 bridgehead atoms. The van der Waals surface area contributed by atoms with Crippen molar-refractivity contribution in [3.8, 4) is 0 Å². The highest BCUT2D eigenvalue weighted by atomic mass is 19.1. The van der Waals surface area contributed by atoms with Crippen LogP contribution in [0.3, 0.4) is 0 Å². The fourth-order valence-corrected chi connectivity index (χ4v) is 2.44. The highest BCUT2D eigenvalue weighted by Crippen LogP contribution is 2.43. The maximum absolute atomic E-state index is 13.8. The fraction of sp³-hybridized carbons (Fsp3) is 0.400. The first-order valence-electron chi connectivity index (χ1n) is 5.04. The number of nitrogens with one attached hydrogen (secondary N) is 1. The molecule has 0 atom stereocenters. The van der Waals surface area contributed by atoms with Gasteiger partial charge in [0.25, 0.3) is 0 Å². The molecule has 0 saturated carbocycles. The fourth-order valence-electron chi connectivity index (χ4n) is 2.44. The molecule has 0 aromatic heterocycles. The molecular weight excluding hydrogens is 197 g/mol. The van der Waals surface area contributed by atoms with Crippen molar-refractivity contribution in [1.29, 1.82) is 0 Å². The van der Waals surface area contributed by atoms with Gasteiger partial charge in [0.2, 0.25) is 0 Å². The standard InChI is InChI=1S/C10H12FN3O/c11-9-5-1-3-7(5)10(14(15)13-12)8-4-2-6(8)9/h13,15H,1-4,12H2. The second kappa shape index (κ2) is 2.91. The maximum atomic E-state index is 13.8. The van der Waals surface area contributed by atoms with Gasteiger partial charge in [0, 0.05) is 0 Å². The van der Waals surface area contributed by atoms with E-state index < -0.39 is 0 Å². The monoisotopic (exact) mass is 209 g/mol. The third-order valence-corrected chi connectivity index (χ3v) is 3.41. The molecule has 80 valence electrons. The van der Waals surface area contributed by atoms with E-state index in [1.54, 1.807) is 0 Å². The van der Waals surface area contributed by atoms with Gasteiger partial charge in [-0.15, -0.1) is 5.53 Å². The maximum Gasteiger partial charge on any atom is 0.130 e. The number of nitrogens with two attached hydrogens (primary N) is 1. The Morgan fingerprint density at radius 2 is 1.53 bits per heavy atom. The number of nitrogens with zero attached hydrogens (tertiary/aromatic N) is 1. The molecule has 0 saturated heterocycles. The Bertz CT molecular complexity index is 414. The van der Waals surface area contributed by atoms with E-state index >= 15 is 0 Å². The second-order valence-electron chi connectivity index (χ2n) is 4.02. The number of hydrogen-bond acceptors (Lipinski definition) is 4. The molecule has 0 amide bonds. The first kappa shape index (κ1) is 9.08. The van der Waals surface area contributed by atoms with E-state index in [0.29, 0.717) is 5.69 Å². The van der Waals surface area contributed by atoms with Gasteiger partial charge in [0.1, 0.15) is 5.82 Å². The molecule has 0 spiro atoms. The lowest BCUT2D eigenvalue weighted by molar-refractivity contribution is 0.210. The zero-order valence-electron chi connectivity index (χ0n) is 8.18. The van der Waals surface area contributed by atoms with Gasteiger partial charge < -0.3 is 0 Å². The van der Waals surface area contributed by atoms with E-state index in [4.69, 9.17) is 5.84 Å². The van der Waals surface area contributed by atoms with Crippen molar-refractivity contribution in [3.05, 3.63) is 28.1 Å². The van der Waals surface area contributed by atoms with Crippen LogP contribution in [0.2, 0.25) is 0 Å². The van der Waals surface area contributed by atoms with E-state index in [-0.39, 0.29) is 5.82 Å². The number of hydrazine groups is 2. The minimum absolute atomic E-state index is 0.0633. The zero-order chi connectivity index (χ0) is 10.6. The summed E-state index contributed by atoms with van der Waals surface area (Å²) in [6.45, 7) is 0. The first-order valence-corrected chi connectivity index (χ1v) is 5.04. The largest absolute Gasteiger partial charge is 0.272 e. The molecule has 0 heterocycles. The Morgan fingerprint density at radius 3 is 1.87 bits per heavy atom. The zero-order valence-corrected chi connectivity index (χ0v) is 8.18. The van der Waals surface area contributed by atoms with Crippen LogP contribution in [0.25, 0.3) is 0 Å². The Morgan fingerprint density at radius 1 is 1.07 bits per heavy atom. The summed E-state index contributed by atoms with van der Waals surface area (Å²) in [5.41, 5.74) is 6.12. The van der Waals surface area contributed by atoms with Crippen LogP contribution < -0.4 is 16.5 Å². The number of anilines is 1. The highest BCUT2D eigenvalue weighted by Gasteiger charge is 2.34. The normalized spacial score (nSPS) is 16.2. The lowest BCUT2D eigenvalue weighted by Gasteiger charge is -2.35. The van der Waals surface area contributed by atoms with Crippen molar-refractivity contribution in [2.75, 3.05) is 5.17 Å². The summed E-state index contributed by atoms with van der Waals surface area (Å²) in [6, 6.07) is 0. The Labute approximate surface area is 86.4 Å². The van der Waals surface area contributed by atoms with Gasteiger partial charge in [-0.05, 0) is 47.9 Å². The van der Waals surface area contributed by atoms with Crippen molar-refractivity contribution < 1.29 is 9.60 Å². The second-order valence-corrected chi connectivity index (χ2v) is 4.02.